The van der Waals surface area contributed by atoms with E-state index in [1.54, 1.807) is 12.1 Å². The summed E-state index contributed by atoms with van der Waals surface area (Å²) < 4.78 is 5.11. The largest absolute Gasteiger partial charge is 0.458 e. The maximum Gasteiger partial charge on any atom is 0.279 e. The maximum atomic E-state index is 10.8. The zero-order valence-corrected chi connectivity index (χ0v) is 9.85. The molecular weight excluding hydrogens is 267 g/mol. The van der Waals surface area contributed by atoms with Crippen molar-refractivity contribution in [3.8, 4) is 5.75 Å². The molecule has 17 heavy (non-hydrogen) atoms. The molecule has 0 aliphatic rings. The number of hydrogen-bond donors (Lipinski definition) is 0. The van der Waals surface area contributed by atoms with Crippen LogP contribution in [0.5, 0.6) is 5.75 Å². The van der Waals surface area contributed by atoms with Gasteiger partial charge in [0.15, 0.2) is 0 Å². The average Bonchev–Trinajstić information content (AvgIpc) is 2.28. The topological polar surface area (TPSA) is 65.3 Å². The van der Waals surface area contributed by atoms with Crippen LogP contribution in [0.2, 0.25) is 0 Å². The number of aromatic nitrogens is 1. The molecule has 0 aliphatic heterocycles. The number of ether oxygens (including phenoxy) is 1. The molecule has 88 valence electrons. The number of nitro groups is 1. The first-order chi connectivity index (χ1) is 8.09. The zero-order valence-electron chi connectivity index (χ0n) is 8.34. The summed E-state index contributed by atoms with van der Waals surface area (Å²) in [6.45, 7) is 0. The third-order valence-corrected chi connectivity index (χ3v) is 2.30. The monoisotopic (exact) mass is 272 g/mol. The fourth-order valence-electron chi connectivity index (χ4n) is 1.48. The van der Waals surface area contributed by atoms with Crippen molar-refractivity contribution in [3.63, 3.8) is 0 Å². The van der Waals surface area contributed by atoms with Crippen LogP contribution in [0.4, 0.5) is 5.69 Å². The predicted octanol–water partition coefficient (Wildman–Crippen LogP) is 3.28. The summed E-state index contributed by atoms with van der Waals surface area (Å²) in [7, 11) is 0. The number of non-ortho nitro benzene ring substituents is 1. The molecular formula is C10H6Cl2N2O3. The molecule has 1 aromatic carbocycles. The zero-order chi connectivity index (χ0) is 12.4. The number of halogens is 2. The van der Waals surface area contributed by atoms with E-state index < -0.39 is 9.95 Å². The van der Waals surface area contributed by atoms with Crippen LogP contribution in [0.3, 0.4) is 0 Å². The molecule has 0 fully saturated rings. The van der Waals surface area contributed by atoms with Gasteiger partial charge in [-0.3, -0.25) is 15.1 Å². The van der Waals surface area contributed by atoms with Crippen molar-refractivity contribution in [2.75, 3.05) is 0 Å². The lowest BCUT2D eigenvalue weighted by Crippen LogP contribution is -2.01. The Morgan fingerprint density at radius 3 is 2.76 bits per heavy atom. The van der Waals surface area contributed by atoms with Gasteiger partial charge in [-0.25, -0.2) is 0 Å². The van der Waals surface area contributed by atoms with E-state index in [1.165, 1.54) is 18.3 Å². The van der Waals surface area contributed by atoms with E-state index in [4.69, 9.17) is 27.9 Å². The fraction of sp³-hybridized carbons (Fsp3) is 0.100. The minimum Gasteiger partial charge on any atom is -0.458 e. The van der Waals surface area contributed by atoms with Crippen molar-refractivity contribution in [2.24, 2.45) is 0 Å². The molecule has 0 N–H and O–H groups in total. The molecule has 2 aromatic rings. The Hall–Kier alpha value is -1.59. The third kappa shape index (κ3) is 2.40. The first-order valence-electron chi connectivity index (χ1n) is 4.56. The number of benzene rings is 1. The van der Waals surface area contributed by atoms with Crippen LogP contribution in [0.15, 0.2) is 30.5 Å². The minimum absolute atomic E-state index is 0.0406. The molecule has 0 amide bonds. The summed E-state index contributed by atoms with van der Waals surface area (Å²) in [5, 5.41) is 10.2. The summed E-state index contributed by atoms with van der Waals surface area (Å²) in [6, 6.07) is 5.95. The predicted molar refractivity (Wildman–Crippen MR) is 64.5 cm³/mol. The molecule has 0 saturated carbocycles. The Morgan fingerprint density at radius 2 is 2.12 bits per heavy atom. The second-order valence-corrected chi connectivity index (χ2v) is 4.13. The standard InChI is InChI=1S/C10H6Cl2N2O3/c11-10(12)17-8-4-3-7(14(15)16)6-2-1-5-13-9(6)8/h1-5,10H. The van der Waals surface area contributed by atoms with E-state index in [2.05, 4.69) is 4.98 Å². The average molecular weight is 273 g/mol. The van der Waals surface area contributed by atoms with Gasteiger partial charge in [-0.05, 0) is 18.2 Å². The summed E-state index contributed by atoms with van der Waals surface area (Å²) >= 11 is 11.0. The Kier molecular flexibility index (Phi) is 3.31. The van der Waals surface area contributed by atoms with E-state index in [-0.39, 0.29) is 5.69 Å². The highest BCUT2D eigenvalue weighted by atomic mass is 35.5. The highest BCUT2D eigenvalue weighted by Gasteiger charge is 2.16. The second-order valence-electron chi connectivity index (χ2n) is 3.12. The molecule has 5 nitrogen and oxygen atoms in total. The smallest absolute Gasteiger partial charge is 0.279 e. The summed E-state index contributed by atoms with van der Waals surface area (Å²) in [5.74, 6) is 0.307. The van der Waals surface area contributed by atoms with E-state index in [9.17, 15) is 10.1 Å². The highest BCUT2D eigenvalue weighted by molar-refractivity contribution is 6.43. The lowest BCUT2D eigenvalue weighted by molar-refractivity contribution is -0.383. The van der Waals surface area contributed by atoms with Crippen LogP contribution in [-0.4, -0.2) is 14.9 Å². The Morgan fingerprint density at radius 1 is 1.35 bits per heavy atom. The van der Waals surface area contributed by atoms with Crippen LogP contribution >= 0.6 is 23.2 Å². The Labute approximate surface area is 106 Å². The van der Waals surface area contributed by atoms with Gasteiger partial charge in [-0.1, -0.05) is 23.2 Å². The van der Waals surface area contributed by atoms with Gasteiger partial charge in [0.2, 0.25) is 5.02 Å². The van der Waals surface area contributed by atoms with Gasteiger partial charge in [0.05, 0.1) is 10.3 Å². The summed E-state index contributed by atoms with van der Waals surface area (Å²) in [5.41, 5.74) is 0.314. The lowest BCUT2D eigenvalue weighted by Gasteiger charge is -2.08. The maximum absolute atomic E-state index is 10.8. The molecule has 1 aromatic heterocycles. The van der Waals surface area contributed by atoms with Crippen LogP contribution in [0, 0.1) is 10.1 Å². The Bertz CT molecular complexity index is 574. The van der Waals surface area contributed by atoms with E-state index in [0.717, 1.165) is 0 Å². The molecule has 1 heterocycles. The number of hydrogen-bond acceptors (Lipinski definition) is 4. The number of alkyl halides is 2. The number of nitrogens with zero attached hydrogens (tertiary/aromatic N) is 2. The summed E-state index contributed by atoms with van der Waals surface area (Å²) in [4.78, 5) is 14.4. The van der Waals surface area contributed by atoms with Crippen molar-refractivity contribution >= 4 is 39.8 Å². The van der Waals surface area contributed by atoms with Crippen LogP contribution in [-0.2, 0) is 0 Å². The van der Waals surface area contributed by atoms with E-state index in [0.29, 0.717) is 16.7 Å². The number of rotatable bonds is 3. The summed E-state index contributed by atoms with van der Waals surface area (Å²) in [6.07, 6.45) is 1.51. The van der Waals surface area contributed by atoms with E-state index in [1.807, 2.05) is 0 Å². The molecule has 0 spiro atoms. The van der Waals surface area contributed by atoms with Crippen LogP contribution in [0.1, 0.15) is 0 Å². The van der Waals surface area contributed by atoms with Gasteiger partial charge in [0.25, 0.3) is 5.69 Å². The quantitative estimate of drug-likeness (QED) is 0.489. The van der Waals surface area contributed by atoms with Gasteiger partial charge in [0, 0.05) is 12.3 Å². The molecule has 2 rings (SSSR count). The molecule has 0 unspecified atom stereocenters. The van der Waals surface area contributed by atoms with Crippen molar-refractivity contribution < 1.29 is 9.66 Å². The van der Waals surface area contributed by atoms with Crippen LogP contribution in [0.25, 0.3) is 10.9 Å². The number of fused-ring (bicyclic) bond motifs is 1. The minimum atomic E-state index is -1.05. The normalized spacial score (nSPS) is 10.8. The first kappa shape index (κ1) is 11.9. The van der Waals surface area contributed by atoms with E-state index >= 15 is 0 Å². The van der Waals surface area contributed by atoms with Gasteiger partial charge in [-0.15, -0.1) is 0 Å². The van der Waals surface area contributed by atoms with Gasteiger partial charge < -0.3 is 4.74 Å². The number of nitro benzene ring substituents is 1. The fourth-order valence-corrected chi connectivity index (χ4v) is 1.67. The first-order valence-corrected chi connectivity index (χ1v) is 5.44. The molecule has 0 saturated heterocycles. The van der Waals surface area contributed by atoms with Gasteiger partial charge >= 0.3 is 0 Å². The van der Waals surface area contributed by atoms with Crippen molar-refractivity contribution in [2.45, 2.75) is 5.02 Å². The SMILES string of the molecule is O=[N+]([O-])c1ccc(OC(Cl)Cl)c2ncccc12. The lowest BCUT2D eigenvalue weighted by atomic mass is 10.1. The molecule has 7 heteroatoms. The third-order valence-electron chi connectivity index (χ3n) is 2.12. The molecule has 0 aliphatic carbocycles. The Balaban J connectivity index is 2.66. The molecule has 0 bridgehead atoms. The van der Waals surface area contributed by atoms with Crippen molar-refractivity contribution in [3.05, 3.63) is 40.6 Å². The van der Waals surface area contributed by atoms with Crippen LogP contribution < -0.4 is 4.74 Å². The molecule has 0 atom stereocenters. The van der Waals surface area contributed by atoms with Crippen molar-refractivity contribution in [1.29, 1.82) is 0 Å². The van der Waals surface area contributed by atoms with Gasteiger partial charge in [0.1, 0.15) is 11.3 Å². The second kappa shape index (κ2) is 4.73. The number of pyridine rings is 1. The van der Waals surface area contributed by atoms with Crippen molar-refractivity contribution in [1.82, 2.24) is 4.98 Å². The molecule has 0 radical (unpaired) electrons. The highest BCUT2D eigenvalue weighted by Crippen LogP contribution is 2.32. The van der Waals surface area contributed by atoms with Gasteiger partial charge in [-0.2, -0.15) is 0 Å².